The predicted molar refractivity (Wildman–Crippen MR) is 68.0 cm³/mol. The van der Waals surface area contributed by atoms with Crippen LogP contribution in [-0.2, 0) is 9.59 Å². The zero-order valence-electron chi connectivity index (χ0n) is 12.6. The van der Waals surface area contributed by atoms with Crippen LogP contribution in [0.4, 0.5) is 0 Å². The Hall–Kier alpha value is 0.140. The van der Waals surface area contributed by atoms with Gasteiger partial charge < -0.3 is 11.3 Å². The number of aldehydes is 1. The fraction of sp³-hybridized carbons (Fsp3) is 0.857. The molecule has 0 heterocycles. The number of carboxylic acid groups (broad SMARTS) is 1. The monoisotopic (exact) mass is 264 g/mol. The third-order valence-electron chi connectivity index (χ3n) is 3.87. The molecule has 0 radical (unpaired) electrons. The smallest absolute Gasteiger partial charge is 1.00 e. The van der Waals surface area contributed by atoms with Crippen molar-refractivity contribution in [2.45, 2.75) is 64.2 Å². The topological polar surface area (TPSA) is 54.4 Å². The van der Waals surface area contributed by atoms with Crippen molar-refractivity contribution in [3.63, 3.8) is 0 Å². The van der Waals surface area contributed by atoms with E-state index in [0.29, 0.717) is 12.3 Å². The average molecular weight is 264 g/mol. The van der Waals surface area contributed by atoms with Gasteiger partial charge in [-0.25, -0.2) is 0 Å². The summed E-state index contributed by atoms with van der Waals surface area (Å²) < 4.78 is 0. The molecule has 18 heavy (non-hydrogen) atoms. The van der Waals surface area contributed by atoms with Crippen molar-refractivity contribution >= 4 is 12.3 Å². The van der Waals surface area contributed by atoms with Crippen LogP contribution in [0, 0.1) is 11.8 Å². The van der Waals surface area contributed by atoms with E-state index in [1.54, 1.807) is 0 Å². The quantitative estimate of drug-likeness (QED) is 0.395. The Kier molecular flexibility index (Phi) is 11.1. The van der Waals surface area contributed by atoms with Crippen LogP contribution in [0.15, 0.2) is 0 Å². The maximum absolute atomic E-state index is 11.3. The van der Waals surface area contributed by atoms with E-state index in [2.05, 4.69) is 0 Å². The molecule has 100 valence electrons. The molecular weight excluding hydrogens is 239 g/mol. The number of hydrogen-bond donors (Lipinski definition) is 1. The van der Waals surface area contributed by atoms with Crippen LogP contribution in [0.5, 0.6) is 0 Å². The van der Waals surface area contributed by atoms with Crippen LogP contribution < -0.4 is 29.6 Å². The number of unbranched alkanes of at least 4 members (excludes halogenated alkanes) is 3. The van der Waals surface area contributed by atoms with E-state index in [0.717, 1.165) is 44.8 Å². The zero-order valence-corrected chi connectivity index (χ0v) is 13.6. The molecule has 0 aromatic heterocycles. The van der Waals surface area contributed by atoms with E-state index in [9.17, 15) is 14.7 Å². The molecule has 0 aromatic carbocycles. The van der Waals surface area contributed by atoms with Crippen LogP contribution in [0.1, 0.15) is 65.6 Å². The SMILES string of the molecule is O=CCCCCCC(C(=O)O)C1CCCCC1.[H-].[Na+]. The number of carbonyl (C=O) groups is 2. The first kappa shape index (κ1) is 18.1. The number of carboxylic acids is 1. The van der Waals surface area contributed by atoms with Crippen LogP contribution >= 0.6 is 0 Å². The third kappa shape index (κ3) is 6.91. The molecule has 0 spiro atoms. The van der Waals surface area contributed by atoms with Crippen LogP contribution in [0.2, 0.25) is 0 Å². The fourth-order valence-corrected chi connectivity index (χ4v) is 2.87. The third-order valence-corrected chi connectivity index (χ3v) is 3.87. The van der Waals surface area contributed by atoms with E-state index < -0.39 is 5.97 Å². The summed E-state index contributed by atoms with van der Waals surface area (Å²) in [5.74, 6) is -0.369. The minimum absolute atomic E-state index is 0. The normalized spacial score (nSPS) is 17.8. The van der Waals surface area contributed by atoms with Crippen molar-refractivity contribution in [2.24, 2.45) is 11.8 Å². The van der Waals surface area contributed by atoms with Gasteiger partial charge in [-0.15, -0.1) is 0 Å². The largest absolute Gasteiger partial charge is 1.00 e. The molecule has 0 aromatic rings. The summed E-state index contributed by atoms with van der Waals surface area (Å²) in [5, 5.41) is 9.27. The first-order valence-electron chi connectivity index (χ1n) is 6.92. The van der Waals surface area contributed by atoms with E-state index in [4.69, 9.17) is 0 Å². The van der Waals surface area contributed by atoms with Crippen molar-refractivity contribution < 1.29 is 45.7 Å². The molecule has 1 unspecified atom stereocenters. The van der Waals surface area contributed by atoms with E-state index in [1.807, 2.05) is 0 Å². The molecule has 1 aliphatic carbocycles. The van der Waals surface area contributed by atoms with Gasteiger partial charge in [-0.05, 0) is 31.6 Å². The van der Waals surface area contributed by atoms with Gasteiger partial charge in [0.25, 0.3) is 0 Å². The molecule has 1 saturated carbocycles. The van der Waals surface area contributed by atoms with Gasteiger partial charge in [-0.1, -0.05) is 32.1 Å². The molecule has 0 amide bonds. The molecular formula is C14H25NaO3. The first-order valence-corrected chi connectivity index (χ1v) is 6.92. The molecule has 1 N–H and O–H groups in total. The molecule has 4 heteroatoms. The summed E-state index contributed by atoms with van der Waals surface area (Å²) in [7, 11) is 0. The minimum atomic E-state index is -0.618. The summed E-state index contributed by atoms with van der Waals surface area (Å²) in [6.07, 6.45) is 11.0. The summed E-state index contributed by atoms with van der Waals surface area (Å²) >= 11 is 0. The molecule has 1 fully saturated rings. The van der Waals surface area contributed by atoms with Gasteiger partial charge in [-0.2, -0.15) is 0 Å². The van der Waals surface area contributed by atoms with Crippen LogP contribution in [0.3, 0.4) is 0 Å². The molecule has 0 aliphatic heterocycles. The molecule has 1 rings (SSSR count). The van der Waals surface area contributed by atoms with Gasteiger partial charge >= 0.3 is 35.5 Å². The number of hydrogen-bond acceptors (Lipinski definition) is 2. The number of aliphatic carboxylic acids is 1. The van der Waals surface area contributed by atoms with Crippen molar-refractivity contribution in [3.05, 3.63) is 0 Å². The van der Waals surface area contributed by atoms with E-state index in [1.165, 1.54) is 19.3 Å². The summed E-state index contributed by atoms with van der Waals surface area (Å²) in [6.45, 7) is 0. The van der Waals surface area contributed by atoms with Crippen molar-refractivity contribution in [3.8, 4) is 0 Å². The zero-order chi connectivity index (χ0) is 12.5. The molecule has 0 saturated heterocycles. The molecule has 0 bridgehead atoms. The first-order chi connectivity index (χ1) is 8.25. The second kappa shape index (κ2) is 11.0. The second-order valence-corrected chi connectivity index (χ2v) is 5.15. The van der Waals surface area contributed by atoms with Gasteiger partial charge in [0.2, 0.25) is 0 Å². The Morgan fingerprint density at radius 2 is 1.89 bits per heavy atom. The average Bonchev–Trinajstić information content (AvgIpc) is 2.34. The predicted octanol–water partition coefficient (Wildman–Crippen LogP) is 0.533. The second-order valence-electron chi connectivity index (χ2n) is 5.15. The fourth-order valence-electron chi connectivity index (χ4n) is 2.87. The Balaban J connectivity index is 0. The standard InChI is InChI=1S/C14H24O3.Na.H/c15-11-7-2-1-6-10-13(14(16)17)12-8-4-3-5-9-12;;/h11-13H,1-10H2,(H,16,17);;/q;+1;-1. The van der Waals surface area contributed by atoms with Gasteiger partial charge in [0, 0.05) is 6.42 Å². The van der Waals surface area contributed by atoms with Gasteiger partial charge in [0.1, 0.15) is 6.29 Å². The van der Waals surface area contributed by atoms with Gasteiger partial charge in [0.05, 0.1) is 5.92 Å². The minimum Gasteiger partial charge on any atom is -1.00 e. The van der Waals surface area contributed by atoms with E-state index >= 15 is 0 Å². The van der Waals surface area contributed by atoms with Gasteiger partial charge in [-0.3, -0.25) is 4.79 Å². The Morgan fingerprint density at radius 3 is 2.44 bits per heavy atom. The Bertz CT molecular complexity index is 243. The summed E-state index contributed by atoms with van der Waals surface area (Å²) in [6, 6.07) is 0. The van der Waals surface area contributed by atoms with Crippen molar-refractivity contribution in [1.82, 2.24) is 0 Å². The Morgan fingerprint density at radius 1 is 1.22 bits per heavy atom. The molecule has 1 aliphatic rings. The van der Waals surface area contributed by atoms with Crippen LogP contribution in [-0.4, -0.2) is 17.4 Å². The van der Waals surface area contributed by atoms with Gasteiger partial charge in [0.15, 0.2) is 0 Å². The maximum atomic E-state index is 11.3. The molecule has 3 nitrogen and oxygen atoms in total. The summed E-state index contributed by atoms with van der Waals surface area (Å²) in [5.41, 5.74) is 0. The van der Waals surface area contributed by atoms with Crippen molar-refractivity contribution in [2.75, 3.05) is 0 Å². The van der Waals surface area contributed by atoms with E-state index in [-0.39, 0.29) is 36.9 Å². The van der Waals surface area contributed by atoms with Crippen molar-refractivity contribution in [1.29, 1.82) is 0 Å². The van der Waals surface area contributed by atoms with Crippen LogP contribution in [0.25, 0.3) is 0 Å². The molecule has 1 atom stereocenters. The summed E-state index contributed by atoms with van der Waals surface area (Å²) in [4.78, 5) is 21.4. The number of carbonyl (C=O) groups excluding carboxylic acids is 1. The maximum Gasteiger partial charge on any atom is 1.00 e. The number of rotatable bonds is 8. The Labute approximate surface area is 133 Å².